The van der Waals surface area contributed by atoms with Crippen molar-refractivity contribution in [3.8, 4) is 11.3 Å². The minimum atomic E-state index is -0.171. The molecule has 6 nitrogen and oxygen atoms in total. The van der Waals surface area contributed by atoms with Gasteiger partial charge in [0, 0.05) is 60.1 Å². The molecule has 4 aromatic rings. The van der Waals surface area contributed by atoms with Gasteiger partial charge >= 0.3 is 0 Å². The molecule has 0 radical (unpaired) electrons. The van der Waals surface area contributed by atoms with E-state index in [0.717, 1.165) is 50.2 Å². The van der Waals surface area contributed by atoms with Crippen molar-refractivity contribution in [3.63, 3.8) is 0 Å². The molecular formula is C26H24N4O2S2. The first-order chi connectivity index (χ1) is 16.6. The van der Waals surface area contributed by atoms with Gasteiger partial charge in [-0.15, -0.1) is 11.3 Å². The van der Waals surface area contributed by atoms with Gasteiger partial charge in [-0.05, 0) is 35.6 Å². The summed E-state index contributed by atoms with van der Waals surface area (Å²) in [5, 5.41) is 4.73. The Bertz CT molecular complexity index is 1320. The molecule has 8 heteroatoms. The maximum Gasteiger partial charge on any atom is 0.222 e. The van der Waals surface area contributed by atoms with Crippen LogP contribution in [0.5, 0.6) is 0 Å². The predicted octanol–water partition coefficient (Wildman–Crippen LogP) is 5.62. The summed E-state index contributed by atoms with van der Waals surface area (Å²) in [5.74, 6) is 1.64. The number of carbonyl (C=O) groups is 2. The molecule has 1 aliphatic carbocycles. The normalized spacial score (nSPS) is 15.2. The maximum absolute atomic E-state index is 13.4. The molecule has 2 N–H and O–H groups in total. The average Bonchev–Trinajstić information content (AvgIpc) is 3.47. The molecule has 1 aromatic carbocycles. The number of amides is 1. The Kier molecular flexibility index (Phi) is 6.60. The number of thioether (sulfide) groups is 1. The first-order valence-electron chi connectivity index (χ1n) is 11.1. The molecule has 0 saturated carbocycles. The number of Topliss-reactive ketones (excluding diaryl/α,β-unsaturated/α-hetero) is 1. The van der Waals surface area contributed by atoms with Gasteiger partial charge in [0.2, 0.25) is 5.91 Å². The minimum Gasteiger partial charge on any atom is -0.358 e. The van der Waals surface area contributed by atoms with Crippen LogP contribution in [0, 0.1) is 5.92 Å². The number of H-pyrrole nitrogens is 1. The Morgan fingerprint density at radius 3 is 2.79 bits per heavy atom. The number of anilines is 1. The lowest BCUT2D eigenvalue weighted by molar-refractivity contribution is -0.114. The van der Waals surface area contributed by atoms with Gasteiger partial charge < -0.3 is 10.3 Å². The lowest BCUT2D eigenvalue weighted by Crippen LogP contribution is -2.22. The highest BCUT2D eigenvalue weighted by Crippen LogP contribution is 2.38. The topological polar surface area (TPSA) is 87.7 Å². The van der Waals surface area contributed by atoms with Crippen LogP contribution in [-0.2, 0) is 17.6 Å². The molecule has 3 aromatic heterocycles. The fourth-order valence-electron chi connectivity index (χ4n) is 4.46. The summed E-state index contributed by atoms with van der Waals surface area (Å²) in [4.78, 5) is 37.2. The number of aromatic amines is 1. The molecule has 1 aliphatic rings. The Balaban J connectivity index is 1.51. The van der Waals surface area contributed by atoms with Crippen molar-refractivity contribution in [1.29, 1.82) is 0 Å². The number of rotatable bonds is 7. The summed E-state index contributed by atoms with van der Waals surface area (Å²) < 4.78 is 1.04. The summed E-state index contributed by atoms with van der Waals surface area (Å²) in [7, 11) is 0. The number of aromatic nitrogens is 3. The highest BCUT2D eigenvalue weighted by Gasteiger charge is 2.31. The van der Waals surface area contributed by atoms with Crippen LogP contribution in [0.2, 0.25) is 0 Å². The third-order valence-electron chi connectivity index (χ3n) is 5.86. The van der Waals surface area contributed by atoms with Crippen LogP contribution in [0.15, 0.2) is 64.6 Å². The van der Waals surface area contributed by atoms with Gasteiger partial charge in [-0.3, -0.25) is 9.59 Å². The van der Waals surface area contributed by atoms with Crippen LogP contribution in [0.25, 0.3) is 11.3 Å². The number of carbonyl (C=O) groups excluding carboxylic acids is 2. The smallest absolute Gasteiger partial charge is 0.222 e. The van der Waals surface area contributed by atoms with Crippen molar-refractivity contribution in [2.45, 2.75) is 30.5 Å². The lowest BCUT2D eigenvalue weighted by Gasteiger charge is -2.21. The molecular weight excluding hydrogens is 464 g/mol. The van der Waals surface area contributed by atoms with Crippen LogP contribution < -0.4 is 5.32 Å². The number of thiazole rings is 1. The third kappa shape index (κ3) is 4.98. The highest BCUT2D eigenvalue weighted by atomic mass is 32.2. The predicted molar refractivity (Wildman–Crippen MR) is 137 cm³/mol. The van der Waals surface area contributed by atoms with Crippen LogP contribution in [-0.4, -0.2) is 32.4 Å². The zero-order chi connectivity index (χ0) is 23.5. The number of hydrogen-bond acceptors (Lipinski definition) is 6. The summed E-state index contributed by atoms with van der Waals surface area (Å²) in [6, 6.07) is 14.0. The molecule has 1 atom stereocenters. The van der Waals surface area contributed by atoms with Gasteiger partial charge in [0.05, 0.1) is 5.69 Å². The molecule has 3 heterocycles. The summed E-state index contributed by atoms with van der Waals surface area (Å²) in [6.45, 7) is 1.46. The highest BCUT2D eigenvalue weighted by molar-refractivity contribution is 8.01. The van der Waals surface area contributed by atoms with Crippen molar-refractivity contribution >= 4 is 40.6 Å². The molecule has 0 aliphatic heterocycles. The molecule has 5 rings (SSSR count). The second-order valence-electron chi connectivity index (χ2n) is 8.41. The van der Waals surface area contributed by atoms with E-state index in [1.807, 2.05) is 41.9 Å². The van der Waals surface area contributed by atoms with Gasteiger partial charge in [0.15, 0.2) is 5.78 Å². The lowest BCUT2D eigenvalue weighted by atomic mass is 9.84. The zero-order valence-corrected chi connectivity index (χ0v) is 20.3. The van der Waals surface area contributed by atoms with Crippen LogP contribution >= 0.6 is 23.1 Å². The zero-order valence-electron chi connectivity index (χ0n) is 18.7. The number of benzene rings is 1. The summed E-state index contributed by atoms with van der Waals surface area (Å²) >= 11 is 3.35. The SMILES string of the molecule is CC(=O)Nc1cc(-c2[nH]c3c(c2Cc2ccccc2)C(=O)CC(CSc2nccs2)C3)ccn1. The average molecular weight is 489 g/mol. The number of nitrogens with one attached hydrogen (secondary N) is 2. The Morgan fingerprint density at radius 2 is 2.03 bits per heavy atom. The molecule has 1 unspecified atom stereocenters. The van der Waals surface area contributed by atoms with Gasteiger partial charge in [-0.1, -0.05) is 42.1 Å². The van der Waals surface area contributed by atoms with E-state index in [-0.39, 0.29) is 17.6 Å². The van der Waals surface area contributed by atoms with E-state index in [1.54, 1.807) is 29.3 Å². The third-order valence-corrected chi connectivity index (χ3v) is 8.05. The minimum absolute atomic E-state index is 0.171. The van der Waals surface area contributed by atoms with Crippen molar-refractivity contribution in [3.05, 3.63) is 82.6 Å². The monoisotopic (exact) mass is 488 g/mol. The number of hydrogen-bond donors (Lipinski definition) is 2. The van der Waals surface area contributed by atoms with Crippen molar-refractivity contribution < 1.29 is 9.59 Å². The van der Waals surface area contributed by atoms with Gasteiger partial charge in [-0.2, -0.15) is 0 Å². The van der Waals surface area contributed by atoms with E-state index in [2.05, 4.69) is 32.4 Å². The largest absolute Gasteiger partial charge is 0.358 e. The van der Waals surface area contributed by atoms with Gasteiger partial charge in [0.25, 0.3) is 0 Å². The fraction of sp³-hybridized carbons (Fsp3) is 0.231. The Labute approximate surface area is 206 Å². The maximum atomic E-state index is 13.4. The van der Waals surface area contributed by atoms with E-state index in [0.29, 0.717) is 18.7 Å². The molecule has 0 spiro atoms. The summed E-state index contributed by atoms with van der Waals surface area (Å²) in [5.41, 5.74) is 5.81. The molecule has 0 fully saturated rings. The molecule has 0 bridgehead atoms. The van der Waals surface area contributed by atoms with E-state index in [4.69, 9.17) is 0 Å². The first kappa shape index (κ1) is 22.6. The Hall–Kier alpha value is -3.23. The van der Waals surface area contributed by atoms with Crippen LogP contribution in [0.3, 0.4) is 0 Å². The van der Waals surface area contributed by atoms with Crippen LogP contribution in [0.1, 0.15) is 40.5 Å². The van der Waals surface area contributed by atoms with Gasteiger partial charge in [-0.25, -0.2) is 9.97 Å². The number of pyridine rings is 1. The quantitative estimate of drug-likeness (QED) is 0.330. The molecule has 34 heavy (non-hydrogen) atoms. The first-order valence-corrected chi connectivity index (χ1v) is 13.0. The second kappa shape index (κ2) is 9.95. The number of fused-ring (bicyclic) bond motifs is 1. The standard InChI is InChI=1S/C26H24N4O2S2/c1-16(31)29-23-14-19(7-8-27-23)25-20(11-17-5-3-2-4-6-17)24-21(30-25)12-18(13-22(24)32)15-34-26-28-9-10-33-26/h2-10,14,18,30H,11-13,15H2,1H3,(H,27,29,31). The van der Waals surface area contributed by atoms with E-state index in [9.17, 15) is 9.59 Å². The van der Waals surface area contributed by atoms with E-state index >= 15 is 0 Å². The molecule has 172 valence electrons. The fourth-order valence-corrected chi connectivity index (χ4v) is 6.21. The van der Waals surface area contributed by atoms with Gasteiger partial charge in [0.1, 0.15) is 10.2 Å². The number of ketones is 1. The van der Waals surface area contributed by atoms with Crippen molar-refractivity contribution in [1.82, 2.24) is 15.0 Å². The summed E-state index contributed by atoms with van der Waals surface area (Å²) in [6.07, 6.45) is 5.52. The Morgan fingerprint density at radius 1 is 1.18 bits per heavy atom. The van der Waals surface area contributed by atoms with E-state index < -0.39 is 0 Å². The molecule has 0 saturated heterocycles. The van der Waals surface area contributed by atoms with Crippen LogP contribution in [0.4, 0.5) is 5.82 Å². The van der Waals surface area contributed by atoms with E-state index in [1.165, 1.54) is 6.92 Å². The number of nitrogens with zero attached hydrogens (tertiary/aromatic N) is 2. The second-order valence-corrected chi connectivity index (χ2v) is 10.6. The van der Waals surface area contributed by atoms with Crippen molar-refractivity contribution in [2.24, 2.45) is 5.92 Å². The molecule has 1 amide bonds. The van der Waals surface area contributed by atoms with Crippen molar-refractivity contribution in [2.75, 3.05) is 11.1 Å².